The van der Waals surface area contributed by atoms with E-state index in [0.717, 1.165) is 25.8 Å². The van der Waals surface area contributed by atoms with E-state index in [-0.39, 0.29) is 23.7 Å². The maximum atomic E-state index is 12.8. The van der Waals surface area contributed by atoms with Crippen LogP contribution in [0.25, 0.3) is 0 Å². The number of nitrogens with zero attached hydrogens (tertiary/aromatic N) is 4. The van der Waals surface area contributed by atoms with Gasteiger partial charge < -0.3 is 10.2 Å². The number of anilines is 1. The summed E-state index contributed by atoms with van der Waals surface area (Å²) >= 11 is 1.30. The Kier molecular flexibility index (Phi) is 4.44. The molecule has 1 aliphatic heterocycles. The van der Waals surface area contributed by atoms with Crippen molar-refractivity contribution < 1.29 is 9.59 Å². The van der Waals surface area contributed by atoms with Crippen molar-refractivity contribution >= 4 is 28.3 Å². The summed E-state index contributed by atoms with van der Waals surface area (Å²) in [6.45, 7) is 1.23. The van der Waals surface area contributed by atoms with Gasteiger partial charge in [0.05, 0.1) is 5.92 Å². The van der Waals surface area contributed by atoms with Crippen LogP contribution < -0.4 is 5.32 Å². The molecule has 2 aliphatic rings. The first-order chi connectivity index (χ1) is 12.2. The topological polar surface area (TPSA) is 88.1 Å². The molecule has 130 valence electrons. The Balaban J connectivity index is 1.35. The number of amides is 2. The van der Waals surface area contributed by atoms with Crippen molar-refractivity contribution in [3.63, 3.8) is 0 Å². The summed E-state index contributed by atoms with van der Waals surface area (Å²) in [5.74, 6) is 0.268. The second kappa shape index (κ2) is 6.87. The van der Waals surface area contributed by atoms with Crippen LogP contribution >= 0.6 is 11.3 Å². The maximum absolute atomic E-state index is 12.8. The van der Waals surface area contributed by atoms with E-state index in [1.807, 2.05) is 17.0 Å². The van der Waals surface area contributed by atoms with Gasteiger partial charge in [0.25, 0.3) is 0 Å². The van der Waals surface area contributed by atoms with E-state index in [9.17, 15) is 9.59 Å². The number of rotatable bonds is 4. The summed E-state index contributed by atoms with van der Waals surface area (Å²) in [5.41, 5.74) is 2.76. The van der Waals surface area contributed by atoms with Crippen LogP contribution in [-0.4, -0.2) is 45.0 Å². The van der Waals surface area contributed by atoms with E-state index < -0.39 is 0 Å². The van der Waals surface area contributed by atoms with Gasteiger partial charge in [-0.3, -0.25) is 14.6 Å². The molecule has 1 saturated carbocycles. The quantitative estimate of drug-likeness (QED) is 0.903. The van der Waals surface area contributed by atoms with Gasteiger partial charge >= 0.3 is 0 Å². The minimum absolute atomic E-state index is 0.0485. The van der Waals surface area contributed by atoms with Crippen LogP contribution in [0.4, 0.5) is 5.13 Å². The van der Waals surface area contributed by atoms with E-state index in [1.165, 1.54) is 16.9 Å². The lowest BCUT2D eigenvalue weighted by molar-refractivity contribution is -0.135. The number of hydrogen-bond donors (Lipinski definition) is 1. The highest BCUT2D eigenvalue weighted by Crippen LogP contribution is 2.48. The first kappa shape index (κ1) is 16.1. The lowest BCUT2D eigenvalue weighted by Crippen LogP contribution is -2.44. The summed E-state index contributed by atoms with van der Waals surface area (Å²) < 4.78 is 0. The van der Waals surface area contributed by atoms with Crippen LogP contribution in [0.5, 0.6) is 0 Å². The van der Waals surface area contributed by atoms with Crippen molar-refractivity contribution in [1.82, 2.24) is 20.1 Å². The van der Waals surface area contributed by atoms with Crippen LogP contribution in [0.2, 0.25) is 0 Å². The van der Waals surface area contributed by atoms with Gasteiger partial charge in [0, 0.05) is 31.4 Å². The van der Waals surface area contributed by atoms with Gasteiger partial charge in [-0.2, -0.15) is 0 Å². The molecule has 2 fully saturated rings. The third-order valence-corrected chi connectivity index (χ3v) is 5.54. The van der Waals surface area contributed by atoms with Gasteiger partial charge in [-0.1, -0.05) is 11.3 Å². The van der Waals surface area contributed by atoms with E-state index in [0.29, 0.717) is 17.6 Å². The van der Waals surface area contributed by atoms with Crippen molar-refractivity contribution in [1.29, 1.82) is 0 Å². The average Bonchev–Trinajstić information content (AvgIpc) is 3.30. The zero-order valence-electron chi connectivity index (χ0n) is 13.7. The number of carbonyl (C=O) groups excluding carboxylic acids is 2. The third kappa shape index (κ3) is 3.53. The molecular formula is C17H19N5O2S. The molecule has 1 N–H and O–H groups in total. The lowest BCUT2D eigenvalue weighted by Gasteiger charge is -2.32. The molecule has 1 saturated heterocycles. The van der Waals surface area contributed by atoms with Crippen molar-refractivity contribution in [2.24, 2.45) is 11.8 Å². The molecule has 7 nitrogen and oxygen atoms in total. The van der Waals surface area contributed by atoms with Gasteiger partial charge in [0.2, 0.25) is 16.9 Å². The van der Waals surface area contributed by atoms with E-state index in [4.69, 9.17) is 0 Å². The first-order valence-electron chi connectivity index (χ1n) is 8.48. The minimum Gasteiger partial charge on any atom is -0.342 e. The standard InChI is InChI=1S/C17H19N5O2S/c23-15(20-17-21-19-10-25-17)12-2-1-7-22(9-12)16(24)14-8-13(14)11-3-5-18-6-4-11/h3-6,10,12-14H,1-2,7-9H2,(H,20,21,23). The molecule has 25 heavy (non-hydrogen) atoms. The number of nitrogens with one attached hydrogen (secondary N) is 1. The number of piperidine rings is 1. The van der Waals surface area contributed by atoms with Crippen LogP contribution in [-0.2, 0) is 9.59 Å². The second-order valence-electron chi connectivity index (χ2n) is 6.59. The molecular weight excluding hydrogens is 338 g/mol. The van der Waals surface area contributed by atoms with Gasteiger partial charge in [-0.05, 0) is 42.9 Å². The molecule has 0 spiro atoms. The molecule has 8 heteroatoms. The monoisotopic (exact) mass is 357 g/mol. The summed E-state index contributed by atoms with van der Waals surface area (Å²) in [6, 6.07) is 3.96. The average molecular weight is 357 g/mol. The van der Waals surface area contributed by atoms with Crippen molar-refractivity contribution in [2.45, 2.75) is 25.2 Å². The first-order valence-corrected chi connectivity index (χ1v) is 9.36. The van der Waals surface area contributed by atoms with Crippen molar-refractivity contribution in [3.05, 3.63) is 35.6 Å². The van der Waals surface area contributed by atoms with E-state index in [1.54, 1.807) is 17.9 Å². The molecule has 3 unspecified atom stereocenters. The number of carbonyl (C=O) groups is 2. The molecule has 0 bridgehead atoms. The molecule has 0 aromatic carbocycles. The Morgan fingerprint density at radius 2 is 2.12 bits per heavy atom. The van der Waals surface area contributed by atoms with Crippen LogP contribution in [0, 0.1) is 11.8 Å². The van der Waals surface area contributed by atoms with Gasteiger partial charge in [0.1, 0.15) is 5.51 Å². The molecule has 2 amide bonds. The number of aromatic nitrogens is 3. The highest BCUT2D eigenvalue weighted by Gasteiger charge is 2.46. The predicted molar refractivity (Wildman–Crippen MR) is 92.9 cm³/mol. The van der Waals surface area contributed by atoms with Crippen LogP contribution in [0.1, 0.15) is 30.7 Å². The van der Waals surface area contributed by atoms with Gasteiger partial charge in [-0.15, -0.1) is 10.2 Å². The smallest absolute Gasteiger partial charge is 0.231 e. The zero-order valence-corrected chi connectivity index (χ0v) is 14.5. The highest BCUT2D eigenvalue weighted by molar-refractivity contribution is 7.13. The molecule has 3 atom stereocenters. The Hall–Kier alpha value is -2.35. The SMILES string of the molecule is O=C(Nc1nncs1)C1CCCN(C(=O)C2CC2c2ccncc2)C1. The second-order valence-corrected chi connectivity index (χ2v) is 7.42. The Bertz CT molecular complexity index is 752. The van der Waals surface area contributed by atoms with Crippen LogP contribution in [0.15, 0.2) is 30.0 Å². The molecule has 3 heterocycles. The number of pyridine rings is 1. The largest absolute Gasteiger partial charge is 0.342 e. The Labute approximate surface area is 149 Å². The fourth-order valence-corrected chi connectivity index (χ4v) is 3.96. The normalized spacial score (nSPS) is 25.4. The maximum Gasteiger partial charge on any atom is 0.231 e. The Morgan fingerprint density at radius 1 is 1.28 bits per heavy atom. The number of hydrogen-bond acceptors (Lipinski definition) is 6. The van der Waals surface area contributed by atoms with Crippen LogP contribution in [0.3, 0.4) is 0 Å². The zero-order chi connectivity index (χ0) is 17.2. The molecule has 2 aromatic heterocycles. The fraction of sp³-hybridized carbons (Fsp3) is 0.471. The molecule has 0 radical (unpaired) electrons. The Morgan fingerprint density at radius 3 is 2.88 bits per heavy atom. The predicted octanol–water partition coefficient (Wildman–Crippen LogP) is 1.91. The summed E-state index contributed by atoms with van der Waals surface area (Å²) in [6.07, 6.45) is 6.08. The van der Waals surface area contributed by atoms with Gasteiger partial charge in [0.15, 0.2) is 0 Å². The van der Waals surface area contributed by atoms with Crippen molar-refractivity contribution in [3.8, 4) is 0 Å². The third-order valence-electron chi connectivity index (χ3n) is 4.94. The van der Waals surface area contributed by atoms with Crippen molar-refractivity contribution in [2.75, 3.05) is 18.4 Å². The lowest BCUT2D eigenvalue weighted by atomic mass is 9.96. The highest BCUT2D eigenvalue weighted by atomic mass is 32.1. The summed E-state index contributed by atoms with van der Waals surface area (Å²) in [5, 5.41) is 10.9. The molecule has 2 aromatic rings. The minimum atomic E-state index is -0.181. The summed E-state index contributed by atoms with van der Waals surface area (Å²) in [4.78, 5) is 31.1. The van der Waals surface area contributed by atoms with Gasteiger partial charge in [-0.25, -0.2) is 0 Å². The van der Waals surface area contributed by atoms with E-state index >= 15 is 0 Å². The van der Waals surface area contributed by atoms with E-state index in [2.05, 4.69) is 20.5 Å². The fourth-order valence-electron chi connectivity index (χ4n) is 3.51. The molecule has 4 rings (SSSR count). The summed E-state index contributed by atoms with van der Waals surface area (Å²) in [7, 11) is 0. The molecule has 1 aliphatic carbocycles. The number of likely N-dealkylation sites (tertiary alicyclic amines) is 1.